The van der Waals surface area contributed by atoms with E-state index < -0.39 is 5.82 Å². The Bertz CT molecular complexity index is 1390. The van der Waals surface area contributed by atoms with Crippen LogP contribution in [0.4, 0.5) is 21.5 Å². The molecule has 1 aliphatic heterocycles. The number of aliphatic hydroxyl groups is 1. The van der Waals surface area contributed by atoms with Crippen molar-refractivity contribution in [2.24, 2.45) is 0 Å². The normalized spacial score (nSPS) is 13.9. The number of carbonyl (C=O) groups excluding carboxylic acids is 2. The van der Waals surface area contributed by atoms with Crippen LogP contribution in [-0.4, -0.2) is 40.9 Å². The zero-order valence-electron chi connectivity index (χ0n) is 21.0. The number of hydrogen-bond acceptors (Lipinski definition) is 5. The van der Waals surface area contributed by atoms with Crippen LogP contribution in [0.2, 0.25) is 0 Å². The summed E-state index contributed by atoms with van der Waals surface area (Å²) in [7, 11) is 0. The first-order valence-electron chi connectivity index (χ1n) is 12.8. The second kappa shape index (κ2) is 11.4. The van der Waals surface area contributed by atoms with Gasteiger partial charge in [-0.3, -0.25) is 9.59 Å². The van der Waals surface area contributed by atoms with Crippen LogP contribution in [0, 0.1) is 5.82 Å². The summed E-state index contributed by atoms with van der Waals surface area (Å²) >= 11 is 0. The van der Waals surface area contributed by atoms with Gasteiger partial charge in [-0.15, -0.1) is 0 Å². The predicted molar refractivity (Wildman–Crippen MR) is 147 cm³/mol. The van der Waals surface area contributed by atoms with Gasteiger partial charge in [0.1, 0.15) is 5.82 Å². The Balaban J connectivity index is 1.17. The molecule has 0 aliphatic carbocycles. The van der Waals surface area contributed by atoms with E-state index in [-0.39, 0.29) is 24.1 Å². The molecule has 2 heterocycles. The predicted octanol–water partition coefficient (Wildman–Crippen LogP) is 5.71. The maximum absolute atomic E-state index is 14.8. The first kappa shape index (κ1) is 25.4. The number of aliphatic hydroxyl groups excluding tert-OH is 1. The van der Waals surface area contributed by atoms with Gasteiger partial charge in [-0.25, -0.2) is 4.39 Å². The molecule has 1 aliphatic rings. The first-order chi connectivity index (χ1) is 18.4. The number of Topliss-reactive ketones (excluding diaryl/α,β-unsaturated/α-hetero) is 2. The van der Waals surface area contributed by atoms with E-state index in [1.165, 1.54) is 6.07 Å². The second-order valence-electron chi connectivity index (χ2n) is 9.70. The molecule has 1 fully saturated rings. The van der Waals surface area contributed by atoms with Crippen LogP contribution in [0.3, 0.4) is 0 Å². The van der Waals surface area contributed by atoms with Gasteiger partial charge in [0.15, 0.2) is 11.6 Å². The number of nitrogens with zero attached hydrogens (tertiary/aromatic N) is 1. The Kier molecular flexibility index (Phi) is 7.65. The SMILES string of the molecule is O=C(Cc1ccc(Nc2ccc(CC(=O)c3cc[nH]c3)cc2)c(F)c1)c1ccc(N2CCC(O)CC2)cc1. The minimum Gasteiger partial charge on any atom is -0.393 e. The molecule has 4 aromatic rings. The highest BCUT2D eigenvalue weighted by atomic mass is 19.1. The van der Waals surface area contributed by atoms with Crippen LogP contribution >= 0.6 is 0 Å². The van der Waals surface area contributed by atoms with Crippen molar-refractivity contribution < 1.29 is 19.1 Å². The highest BCUT2D eigenvalue weighted by molar-refractivity contribution is 5.98. The zero-order valence-corrected chi connectivity index (χ0v) is 21.0. The molecule has 0 unspecified atom stereocenters. The van der Waals surface area contributed by atoms with Crippen LogP contribution in [-0.2, 0) is 12.8 Å². The Labute approximate surface area is 221 Å². The number of hydrogen-bond donors (Lipinski definition) is 3. The van der Waals surface area contributed by atoms with Crippen molar-refractivity contribution in [1.29, 1.82) is 0 Å². The van der Waals surface area contributed by atoms with Crippen LogP contribution in [0.15, 0.2) is 85.2 Å². The number of aromatic nitrogens is 1. The molecule has 0 bridgehead atoms. The van der Waals surface area contributed by atoms with Crippen molar-refractivity contribution in [2.75, 3.05) is 23.3 Å². The molecule has 3 N–H and O–H groups in total. The van der Waals surface area contributed by atoms with Crippen LogP contribution < -0.4 is 10.2 Å². The van der Waals surface area contributed by atoms with E-state index in [1.54, 1.807) is 30.6 Å². The van der Waals surface area contributed by atoms with Gasteiger partial charge in [0.05, 0.1) is 11.8 Å². The number of anilines is 3. The summed E-state index contributed by atoms with van der Waals surface area (Å²) in [6, 6.07) is 21.3. The van der Waals surface area contributed by atoms with Gasteiger partial charge in [0.2, 0.25) is 0 Å². The lowest BCUT2D eigenvalue weighted by molar-refractivity contribution is 0.0985. The van der Waals surface area contributed by atoms with Gasteiger partial charge in [-0.2, -0.15) is 0 Å². The number of piperidine rings is 1. The van der Waals surface area contributed by atoms with E-state index >= 15 is 0 Å². The molecule has 0 amide bonds. The van der Waals surface area contributed by atoms with Crippen molar-refractivity contribution in [1.82, 2.24) is 4.98 Å². The number of H-pyrrole nitrogens is 1. The van der Waals surface area contributed by atoms with E-state index in [0.717, 1.165) is 37.2 Å². The molecular weight excluding hydrogens is 481 g/mol. The van der Waals surface area contributed by atoms with Crippen LogP contribution in [0.25, 0.3) is 0 Å². The number of benzene rings is 3. The summed E-state index contributed by atoms with van der Waals surface area (Å²) in [6.07, 6.45) is 5.06. The van der Waals surface area contributed by atoms with E-state index in [0.29, 0.717) is 34.5 Å². The van der Waals surface area contributed by atoms with Gasteiger partial charge in [-0.1, -0.05) is 18.2 Å². The molecule has 1 aromatic heterocycles. The van der Waals surface area contributed by atoms with Crippen molar-refractivity contribution in [3.63, 3.8) is 0 Å². The number of halogens is 1. The fourth-order valence-electron chi connectivity index (χ4n) is 4.69. The Hall–Kier alpha value is -4.23. The monoisotopic (exact) mass is 511 g/mol. The number of aromatic amines is 1. The molecule has 0 atom stereocenters. The fraction of sp³-hybridized carbons (Fsp3) is 0.226. The van der Waals surface area contributed by atoms with E-state index in [4.69, 9.17) is 0 Å². The van der Waals surface area contributed by atoms with Crippen LogP contribution in [0.5, 0.6) is 0 Å². The molecule has 5 rings (SSSR count). The first-order valence-corrected chi connectivity index (χ1v) is 12.8. The molecule has 0 spiro atoms. The number of carbonyl (C=O) groups is 2. The van der Waals surface area contributed by atoms with E-state index in [2.05, 4.69) is 15.2 Å². The third-order valence-electron chi connectivity index (χ3n) is 6.93. The fourth-order valence-corrected chi connectivity index (χ4v) is 4.69. The Morgan fingerprint density at radius 2 is 1.53 bits per heavy atom. The minimum atomic E-state index is -0.440. The van der Waals surface area contributed by atoms with Gasteiger partial charge < -0.3 is 20.3 Å². The van der Waals surface area contributed by atoms with Gasteiger partial charge in [-0.05, 0) is 78.6 Å². The second-order valence-corrected chi connectivity index (χ2v) is 9.70. The average Bonchev–Trinajstić information content (AvgIpc) is 3.47. The van der Waals surface area contributed by atoms with E-state index in [9.17, 15) is 19.1 Å². The summed E-state index contributed by atoms with van der Waals surface area (Å²) < 4.78 is 14.8. The summed E-state index contributed by atoms with van der Waals surface area (Å²) in [4.78, 5) is 30.2. The van der Waals surface area contributed by atoms with Gasteiger partial charge in [0, 0.05) is 60.8 Å². The quantitative estimate of drug-likeness (QED) is 0.251. The number of nitrogens with one attached hydrogen (secondary N) is 2. The number of rotatable bonds is 9. The topological polar surface area (TPSA) is 85.4 Å². The highest BCUT2D eigenvalue weighted by Crippen LogP contribution is 2.24. The largest absolute Gasteiger partial charge is 0.393 e. The van der Waals surface area contributed by atoms with Crippen molar-refractivity contribution in [3.8, 4) is 0 Å². The molecule has 38 heavy (non-hydrogen) atoms. The summed E-state index contributed by atoms with van der Waals surface area (Å²) in [5.74, 6) is -0.484. The lowest BCUT2D eigenvalue weighted by Crippen LogP contribution is -2.35. The molecule has 6 nitrogen and oxygen atoms in total. The maximum Gasteiger partial charge on any atom is 0.168 e. The zero-order chi connectivity index (χ0) is 26.5. The summed E-state index contributed by atoms with van der Waals surface area (Å²) in [5.41, 5.74) is 4.76. The molecule has 194 valence electrons. The summed E-state index contributed by atoms with van der Waals surface area (Å²) in [5, 5.41) is 12.8. The van der Waals surface area contributed by atoms with Crippen molar-refractivity contribution in [3.05, 3.63) is 113 Å². The van der Waals surface area contributed by atoms with Crippen molar-refractivity contribution >= 4 is 28.6 Å². The van der Waals surface area contributed by atoms with Crippen molar-refractivity contribution in [2.45, 2.75) is 31.8 Å². The van der Waals surface area contributed by atoms with Crippen LogP contribution in [0.1, 0.15) is 44.7 Å². The number of ketones is 2. The maximum atomic E-state index is 14.8. The lowest BCUT2D eigenvalue weighted by Gasteiger charge is -2.31. The molecular formula is C31H30FN3O3. The third kappa shape index (κ3) is 6.18. The van der Waals surface area contributed by atoms with Gasteiger partial charge >= 0.3 is 0 Å². The smallest absolute Gasteiger partial charge is 0.168 e. The average molecular weight is 512 g/mol. The summed E-state index contributed by atoms with van der Waals surface area (Å²) in [6.45, 7) is 1.60. The van der Waals surface area contributed by atoms with Gasteiger partial charge in [0.25, 0.3) is 0 Å². The Morgan fingerprint density at radius 3 is 2.18 bits per heavy atom. The van der Waals surface area contributed by atoms with E-state index in [1.807, 2.05) is 48.5 Å². The lowest BCUT2D eigenvalue weighted by atomic mass is 10.0. The third-order valence-corrected chi connectivity index (χ3v) is 6.93. The minimum absolute atomic E-state index is 0.0295. The molecule has 3 aromatic carbocycles. The standard InChI is InChI=1S/C31H30FN3O3/c32-28-17-22(19-30(37)23-4-8-26(9-5-23)35-15-12-27(36)13-16-35)3-10-29(28)34-25-6-1-21(2-7-25)18-31(38)24-11-14-33-20-24/h1-11,14,17,20,27,33-34,36H,12-13,15-16,18-19H2. The molecule has 7 heteroatoms. The molecule has 0 saturated carbocycles. The highest BCUT2D eigenvalue weighted by Gasteiger charge is 2.18. The molecule has 1 saturated heterocycles. The molecule has 0 radical (unpaired) electrons. The Morgan fingerprint density at radius 1 is 0.868 bits per heavy atom.